The average molecular weight is 258 g/mol. The summed E-state index contributed by atoms with van der Waals surface area (Å²) >= 11 is 0. The van der Waals surface area contributed by atoms with Gasteiger partial charge in [-0.2, -0.15) is 0 Å². The van der Waals surface area contributed by atoms with Crippen LogP contribution in [0.2, 0.25) is 0 Å². The second kappa shape index (κ2) is 5.40. The van der Waals surface area contributed by atoms with Crippen LogP contribution in [0.5, 0.6) is 5.75 Å². The number of nitrogens with one attached hydrogen (secondary N) is 1. The first-order valence-corrected chi connectivity index (χ1v) is 6.69. The molecule has 1 aromatic heterocycles. The molecule has 0 saturated heterocycles. The molecule has 5 heteroatoms. The number of hydrogen-bond donors (Lipinski definition) is 1. The Kier molecular flexibility index (Phi) is 3.46. The first-order valence-electron chi connectivity index (χ1n) is 6.69. The van der Waals surface area contributed by atoms with Crippen LogP contribution in [0, 0.1) is 0 Å². The van der Waals surface area contributed by atoms with Gasteiger partial charge in [0.25, 0.3) is 0 Å². The summed E-state index contributed by atoms with van der Waals surface area (Å²) in [6, 6.07) is 8.19. The van der Waals surface area contributed by atoms with Crippen molar-refractivity contribution < 1.29 is 4.74 Å². The Labute approximate surface area is 112 Å². The Balaban J connectivity index is 1.60. The fraction of sp³-hybridized carbons (Fsp3) is 0.429. The van der Waals surface area contributed by atoms with Crippen LogP contribution in [0.25, 0.3) is 0 Å². The fourth-order valence-electron chi connectivity index (χ4n) is 2.33. The SMILES string of the molecule is CCNCc1cn(CC2Cc3ccccc3O2)nn1. The van der Waals surface area contributed by atoms with Crippen molar-refractivity contribution in [2.75, 3.05) is 6.54 Å². The molecule has 2 heterocycles. The van der Waals surface area contributed by atoms with E-state index >= 15 is 0 Å². The third-order valence-corrected chi connectivity index (χ3v) is 3.25. The minimum Gasteiger partial charge on any atom is -0.488 e. The molecule has 5 nitrogen and oxygen atoms in total. The Morgan fingerprint density at radius 3 is 3.16 bits per heavy atom. The molecule has 0 aliphatic carbocycles. The van der Waals surface area contributed by atoms with E-state index in [1.165, 1.54) is 5.56 Å². The van der Waals surface area contributed by atoms with Crippen molar-refractivity contribution in [3.8, 4) is 5.75 Å². The van der Waals surface area contributed by atoms with E-state index < -0.39 is 0 Å². The Morgan fingerprint density at radius 2 is 2.32 bits per heavy atom. The summed E-state index contributed by atoms with van der Waals surface area (Å²) in [4.78, 5) is 0. The van der Waals surface area contributed by atoms with Gasteiger partial charge < -0.3 is 10.1 Å². The predicted octanol–water partition coefficient (Wildman–Crippen LogP) is 1.39. The number of nitrogens with zero attached hydrogens (tertiary/aromatic N) is 3. The van der Waals surface area contributed by atoms with Gasteiger partial charge in [-0.25, -0.2) is 4.68 Å². The lowest BCUT2D eigenvalue weighted by molar-refractivity contribution is 0.202. The summed E-state index contributed by atoms with van der Waals surface area (Å²) < 4.78 is 7.76. The van der Waals surface area contributed by atoms with Crippen molar-refractivity contribution in [1.82, 2.24) is 20.3 Å². The van der Waals surface area contributed by atoms with E-state index in [2.05, 4.69) is 34.7 Å². The van der Waals surface area contributed by atoms with Crippen molar-refractivity contribution >= 4 is 0 Å². The summed E-state index contributed by atoms with van der Waals surface area (Å²) in [6.45, 7) is 4.53. The Morgan fingerprint density at radius 1 is 1.42 bits per heavy atom. The maximum Gasteiger partial charge on any atom is 0.123 e. The van der Waals surface area contributed by atoms with Crippen molar-refractivity contribution in [3.63, 3.8) is 0 Å². The first kappa shape index (κ1) is 12.2. The van der Waals surface area contributed by atoms with Gasteiger partial charge in [0.1, 0.15) is 11.9 Å². The molecule has 19 heavy (non-hydrogen) atoms. The van der Waals surface area contributed by atoms with Gasteiger partial charge in [0.2, 0.25) is 0 Å². The summed E-state index contributed by atoms with van der Waals surface area (Å²) in [5, 5.41) is 11.5. The van der Waals surface area contributed by atoms with Gasteiger partial charge in [-0.15, -0.1) is 5.10 Å². The maximum atomic E-state index is 5.90. The molecule has 0 bridgehead atoms. The van der Waals surface area contributed by atoms with Crippen LogP contribution in [0.1, 0.15) is 18.2 Å². The molecule has 1 N–H and O–H groups in total. The second-order valence-corrected chi connectivity index (χ2v) is 4.76. The van der Waals surface area contributed by atoms with E-state index in [1.54, 1.807) is 0 Å². The monoisotopic (exact) mass is 258 g/mol. The molecule has 100 valence electrons. The van der Waals surface area contributed by atoms with E-state index in [-0.39, 0.29) is 6.10 Å². The molecule has 0 radical (unpaired) electrons. The van der Waals surface area contributed by atoms with Gasteiger partial charge in [0.05, 0.1) is 12.2 Å². The molecule has 1 atom stereocenters. The molecule has 0 fully saturated rings. The largest absolute Gasteiger partial charge is 0.488 e. The van der Waals surface area contributed by atoms with E-state index in [1.807, 2.05) is 23.0 Å². The highest BCUT2D eigenvalue weighted by Gasteiger charge is 2.22. The van der Waals surface area contributed by atoms with E-state index in [9.17, 15) is 0 Å². The first-order chi connectivity index (χ1) is 9.35. The van der Waals surface area contributed by atoms with Gasteiger partial charge >= 0.3 is 0 Å². The molecular weight excluding hydrogens is 240 g/mol. The van der Waals surface area contributed by atoms with Crippen LogP contribution in [-0.4, -0.2) is 27.6 Å². The van der Waals surface area contributed by atoms with E-state index in [0.29, 0.717) is 0 Å². The lowest BCUT2D eigenvalue weighted by Gasteiger charge is -2.09. The summed E-state index contributed by atoms with van der Waals surface area (Å²) in [5.41, 5.74) is 2.25. The summed E-state index contributed by atoms with van der Waals surface area (Å²) in [7, 11) is 0. The van der Waals surface area contributed by atoms with Crippen LogP contribution < -0.4 is 10.1 Å². The van der Waals surface area contributed by atoms with Gasteiger partial charge in [0, 0.05) is 19.2 Å². The smallest absolute Gasteiger partial charge is 0.123 e. The standard InChI is InChI=1S/C14H18N4O/c1-2-15-8-12-9-18(17-16-12)10-13-7-11-5-3-4-6-14(11)19-13/h3-6,9,13,15H,2,7-8,10H2,1H3. The van der Waals surface area contributed by atoms with Gasteiger partial charge in [-0.05, 0) is 18.2 Å². The zero-order valence-corrected chi connectivity index (χ0v) is 11.0. The Hall–Kier alpha value is -1.88. The quantitative estimate of drug-likeness (QED) is 0.880. The highest BCUT2D eigenvalue weighted by atomic mass is 16.5. The van der Waals surface area contributed by atoms with Crippen LogP contribution in [0.15, 0.2) is 30.5 Å². The number of rotatable bonds is 5. The summed E-state index contributed by atoms with van der Waals surface area (Å²) in [5.74, 6) is 1.00. The van der Waals surface area contributed by atoms with Crippen LogP contribution in [0.3, 0.4) is 0 Å². The molecule has 0 saturated carbocycles. The third-order valence-electron chi connectivity index (χ3n) is 3.25. The lowest BCUT2D eigenvalue weighted by atomic mass is 10.1. The second-order valence-electron chi connectivity index (χ2n) is 4.76. The number of aromatic nitrogens is 3. The molecule has 1 aromatic carbocycles. The molecule has 3 rings (SSSR count). The van der Waals surface area contributed by atoms with Gasteiger partial charge in [-0.3, -0.25) is 0 Å². The van der Waals surface area contributed by atoms with E-state index in [0.717, 1.165) is 37.5 Å². The maximum absolute atomic E-state index is 5.90. The zero-order chi connectivity index (χ0) is 13.1. The fourth-order valence-corrected chi connectivity index (χ4v) is 2.33. The van der Waals surface area contributed by atoms with Crippen LogP contribution in [0.4, 0.5) is 0 Å². The number of fused-ring (bicyclic) bond motifs is 1. The zero-order valence-electron chi connectivity index (χ0n) is 11.0. The average Bonchev–Trinajstić information content (AvgIpc) is 3.02. The minimum absolute atomic E-state index is 0.158. The molecule has 1 unspecified atom stereocenters. The van der Waals surface area contributed by atoms with Gasteiger partial charge in [0.15, 0.2) is 0 Å². The number of para-hydroxylation sites is 1. The normalized spacial score (nSPS) is 17.2. The highest BCUT2D eigenvalue weighted by Crippen LogP contribution is 2.28. The number of benzene rings is 1. The molecule has 0 spiro atoms. The predicted molar refractivity (Wildman–Crippen MR) is 72.0 cm³/mol. The van der Waals surface area contributed by atoms with Crippen molar-refractivity contribution in [1.29, 1.82) is 0 Å². The van der Waals surface area contributed by atoms with Crippen molar-refractivity contribution in [2.45, 2.75) is 32.5 Å². The van der Waals surface area contributed by atoms with Crippen molar-refractivity contribution in [2.24, 2.45) is 0 Å². The molecular formula is C14H18N4O. The minimum atomic E-state index is 0.158. The van der Waals surface area contributed by atoms with Gasteiger partial charge in [-0.1, -0.05) is 30.3 Å². The topological polar surface area (TPSA) is 52.0 Å². The van der Waals surface area contributed by atoms with Crippen LogP contribution in [-0.2, 0) is 19.5 Å². The van der Waals surface area contributed by atoms with E-state index in [4.69, 9.17) is 4.74 Å². The highest BCUT2D eigenvalue weighted by molar-refractivity contribution is 5.37. The Bertz CT molecular complexity index is 527. The van der Waals surface area contributed by atoms with Crippen LogP contribution >= 0.6 is 0 Å². The molecule has 2 aromatic rings. The third kappa shape index (κ3) is 2.76. The van der Waals surface area contributed by atoms with Crippen molar-refractivity contribution in [3.05, 3.63) is 41.7 Å². The molecule has 1 aliphatic heterocycles. The molecule has 0 amide bonds. The molecule has 1 aliphatic rings. The summed E-state index contributed by atoms with van der Waals surface area (Å²) in [6.07, 6.45) is 3.08. The lowest BCUT2D eigenvalue weighted by Crippen LogP contribution is -2.21. The number of ether oxygens (including phenoxy) is 1. The number of hydrogen-bond acceptors (Lipinski definition) is 4.